The summed E-state index contributed by atoms with van der Waals surface area (Å²) in [4.78, 5) is 14.5. The van der Waals surface area contributed by atoms with Crippen LogP contribution >= 0.6 is 0 Å². The molecule has 0 aliphatic carbocycles. The second-order valence-electron chi connectivity index (χ2n) is 4.02. The monoisotopic (exact) mass is 273 g/mol. The van der Waals surface area contributed by atoms with Gasteiger partial charge in [-0.2, -0.15) is 5.10 Å². The zero-order chi connectivity index (χ0) is 14.4. The van der Waals surface area contributed by atoms with Crippen LogP contribution in [0.2, 0.25) is 0 Å². The Labute approximate surface area is 116 Å². The number of carboxylic acid groups (broad SMARTS) is 1. The molecule has 104 valence electrons. The van der Waals surface area contributed by atoms with Crippen LogP contribution in [0.4, 0.5) is 0 Å². The molecule has 2 aromatic rings. The highest BCUT2D eigenvalue weighted by Gasteiger charge is 2.03. The third-order valence-corrected chi connectivity index (χ3v) is 2.66. The maximum Gasteiger partial charge on any atom is 0.328 e. The van der Waals surface area contributed by atoms with Gasteiger partial charge in [-0.05, 0) is 30.7 Å². The zero-order valence-electron chi connectivity index (χ0n) is 11.1. The smallest absolute Gasteiger partial charge is 0.328 e. The molecule has 1 aromatic heterocycles. The molecule has 1 N–H and O–H groups in total. The summed E-state index contributed by atoms with van der Waals surface area (Å²) in [5, 5.41) is 12.6. The summed E-state index contributed by atoms with van der Waals surface area (Å²) in [6.07, 6.45) is 4.13. The van der Waals surface area contributed by atoms with Crippen LogP contribution in [0.15, 0.2) is 36.7 Å². The van der Waals surface area contributed by atoms with Crippen LogP contribution in [-0.4, -0.2) is 25.8 Å². The minimum Gasteiger partial charge on any atom is -0.486 e. The second-order valence-corrected chi connectivity index (χ2v) is 4.02. The Kier molecular flexibility index (Phi) is 4.49. The fraction of sp³-hybridized carbons (Fsp3) is 0.214. The number of benzene rings is 1. The van der Waals surface area contributed by atoms with Gasteiger partial charge in [-0.1, -0.05) is 12.1 Å². The Morgan fingerprint density at radius 2 is 2.15 bits per heavy atom. The molecular weight excluding hydrogens is 258 g/mol. The number of nitrogens with zero attached hydrogens (tertiary/aromatic N) is 3. The average Bonchev–Trinajstić information content (AvgIpc) is 2.91. The zero-order valence-corrected chi connectivity index (χ0v) is 11.1. The van der Waals surface area contributed by atoms with E-state index in [9.17, 15) is 4.79 Å². The lowest BCUT2D eigenvalue weighted by Gasteiger charge is -2.06. The third-order valence-electron chi connectivity index (χ3n) is 2.66. The molecule has 2 rings (SSSR count). The number of hydrogen-bond acceptors (Lipinski definition) is 4. The van der Waals surface area contributed by atoms with Crippen molar-refractivity contribution < 1.29 is 14.6 Å². The molecule has 0 unspecified atom stereocenters. The van der Waals surface area contributed by atoms with Gasteiger partial charge >= 0.3 is 5.97 Å². The van der Waals surface area contributed by atoms with Gasteiger partial charge in [0, 0.05) is 12.6 Å². The van der Waals surface area contributed by atoms with Gasteiger partial charge in [0.15, 0.2) is 5.82 Å². The number of hydrogen-bond donors (Lipinski definition) is 1. The average molecular weight is 273 g/mol. The van der Waals surface area contributed by atoms with Crippen LogP contribution in [0.5, 0.6) is 5.75 Å². The van der Waals surface area contributed by atoms with Crippen LogP contribution in [0.1, 0.15) is 18.3 Å². The lowest BCUT2D eigenvalue weighted by molar-refractivity contribution is -0.131. The molecule has 20 heavy (non-hydrogen) atoms. The van der Waals surface area contributed by atoms with Crippen molar-refractivity contribution in [3.8, 4) is 5.75 Å². The molecule has 0 aliphatic heterocycles. The highest BCUT2D eigenvalue weighted by atomic mass is 16.5. The largest absolute Gasteiger partial charge is 0.486 e. The molecule has 0 bridgehead atoms. The predicted octanol–water partition coefficient (Wildman–Crippen LogP) is 1.97. The van der Waals surface area contributed by atoms with Gasteiger partial charge in [0.2, 0.25) is 0 Å². The lowest BCUT2D eigenvalue weighted by Crippen LogP contribution is -2.07. The quantitative estimate of drug-likeness (QED) is 0.814. The van der Waals surface area contributed by atoms with Crippen molar-refractivity contribution in [2.45, 2.75) is 20.1 Å². The van der Waals surface area contributed by atoms with Crippen molar-refractivity contribution in [1.29, 1.82) is 0 Å². The summed E-state index contributed by atoms with van der Waals surface area (Å²) in [6.45, 7) is 3.08. The Balaban J connectivity index is 1.95. The Hall–Kier alpha value is -2.63. The SMILES string of the molecule is CCn1ncnc1COc1ccc(C=CC(=O)O)cc1. The number of carbonyl (C=O) groups is 1. The topological polar surface area (TPSA) is 77.2 Å². The molecular formula is C14H15N3O3. The standard InChI is InChI=1S/C14H15N3O3/c1-2-17-13(15-10-16-17)9-20-12-6-3-11(4-7-12)5-8-14(18)19/h3-8,10H,2,9H2,1H3,(H,18,19). The summed E-state index contributed by atoms with van der Waals surface area (Å²) in [6, 6.07) is 7.15. The van der Waals surface area contributed by atoms with Gasteiger partial charge in [0.1, 0.15) is 18.7 Å². The molecule has 0 radical (unpaired) electrons. The first-order valence-electron chi connectivity index (χ1n) is 6.19. The summed E-state index contributed by atoms with van der Waals surface area (Å²) >= 11 is 0. The van der Waals surface area contributed by atoms with E-state index in [0.29, 0.717) is 12.4 Å². The van der Waals surface area contributed by atoms with Gasteiger partial charge in [0.05, 0.1) is 0 Å². The van der Waals surface area contributed by atoms with E-state index < -0.39 is 5.97 Å². The maximum absolute atomic E-state index is 10.4. The van der Waals surface area contributed by atoms with Crippen molar-refractivity contribution in [2.75, 3.05) is 0 Å². The molecule has 0 atom stereocenters. The van der Waals surface area contributed by atoms with Crippen LogP contribution in [0.3, 0.4) is 0 Å². The number of ether oxygens (including phenoxy) is 1. The van der Waals surface area contributed by atoms with Crippen molar-refractivity contribution in [3.63, 3.8) is 0 Å². The van der Waals surface area contributed by atoms with Crippen molar-refractivity contribution >= 4 is 12.0 Å². The number of aliphatic carboxylic acids is 1. The summed E-state index contributed by atoms with van der Waals surface area (Å²) in [5.41, 5.74) is 0.802. The van der Waals surface area contributed by atoms with Crippen molar-refractivity contribution in [2.24, 2.45) is 0 Å². The van der Waals surface area contributed by atoms with E-state index >= 15 is 0 Å². The highest BCUT2D eigenvalue weighted by molar-refractivity contribution is 5.85. The molecule has 6 heteroatoms. The first-order chi connectivity index (χ1) is 9.69. The van der Waals surface area contributed by atoms with E-state index in [1.54, 1.807) is 28.9 Å². The van der Waals surface area contributed by atoms with Crippen LogP contribution in [0, 0.1) is 0 Å². The number of carboxylic acids is 1. The van der Waals surface area contributed by atoms with E-state index in [1.165, 1.54) is 12.4 Å². The van der Waals surface area contributed by atoms with Gasteiger partial charge < -0.3 is 9.84 Å². The van der Waals surface area contributed by atoms with Gasteiger partial charge in [-0.3, -0.25) is 0 Å². The van der Waals surface area contributed by atoms with Crippen molar-refractivity contribution in [3.05, 3.63) is 48.1 Å². The molecule has 0 spiro atoms. The molecule has 0 saturated heterocycles. The van der Waals surface area contributed by atoms with Crippen LogP contribution in [0.25, 0.3) is 6.08 Å². The number of aryl methyl sites for hydroxylation is 1. The summed E-state index contributed by atoms with van der Waals surface area (Å²) < 4.78 is 7.38. The lowest BCUT2D eigenvalue weighted by atomic mass is 10.2. The molecule has 0 saturated carbocycles. The number of rotatable bonds is 6. The Morgan fingerprint density at radius 1 is 1.40 bits per heavy atom. The van der Waals surface area contributed by atoms with E-state index in [2.05, 4.69) is 10.1 Å². The molecule has 6 nitrogen and oxygen atoms in total. The second kappa shape index (κ2) is 6.51. The van der Waals surface area contributed by atoms with E-state index in [0.717, 1.165) is 24.0 Å². The predicted molar refractivity (Wildman–Crippen MR) is 73.1 cm³/mol. The number of aromatic nitrogens is 3. The minimum absolute atomic E-state index is 0.345. The third kappa shape index (κ3) is 3.68. The summed E-state index contributed by atoms with van der Waals surface area (Å²) in [5.74, 6) is 0.495. The minimum atomic E-state index is -0.968. The highest BCUT2D eigenvalue weighted by Crippen LogP contribution is 2.14. The van der Waals surface area contributed by atoms with Crippen LogP contribution in [-0.2, 0) is 17.9 Å². The van der Waals surface area contributed by atoms with Gasteiger partial charge in [-0.25, -0.2) is 14.5 Å². The normalized spacial score (nSPS) is 10.8. The fourth-order valence-corrected chi connectivity index (χ4v) is 1.65. The molecule has 0 amide bonds. The fourth-order valence-electron chi connectivity index (χ4n) is 1.65. The van der Waals surface area contributed by atoms with E-state index in [1.807, 2.05) is 6.92 Å². The first-order valence-corrected chi connectivity index (χ1v) is 6.19. The summed E-state index contributed by atoms with van der Waals surface area (Å²) in [7, 11) is 0. The molecule has 1 aromatic carbocycles. The van der Waals surface area contributed by atoms with E-state index in [-0.39, 0.29) is 0 Å². The van der Waals surface area contributed by atoms with Gasteiger partial charge in [-0.15, -0.1) is 0 Å². The molecule has 0 aliphatic rings. The molecule has 1 heterocycles. The van der Waals surface area contributed by atoms with E-state index in [4.69, 9.17) is 9.84 Å². The molecule has 0 fully saturated rings. The first kappa shape index (κ1) is 13.8. The van der Waals surface area contributed by atoms with Gasteiger partial charge in [0.25, 0.3) is 0 Å². The maximum atomic E-state index is 10.4. The Bertz CT molecular complexity index is 602. The Morgan fingerprint density at radius 3 is 2.80 bits per heavy atom. The van der Waals surface area contributed by atoms with Crippen LogP contribution < -0.4 is 4.74 Å². The van der Waals surface area contributed by atoms with Crippen molar-refractivity contribution in [1.82, 2.24) is 14.8 Å².